The summed E-state index contributed by atoms with van der Waals surface area (Å²) in [5.41, 5.74) is -0.647. The number of hydrogen-bond donors (Lipinski definition) is 1. The van der Waals surface area contributed by atoms with E-state index in [1.807, 2.05) is 6.92 Å². The molecule has 27 heavy (non-hydrogen) atoms. The smallest absolute Gasteiger partial charge is 0.334 e. The van der Waals surface area contributed by atoms with Crippen molar-refractivity contribution in [3.8, 4) is 0 Å². The van der Waals surface area contributed by atoms with Crippen molar-refractivity contribution in [1.82, 2.24) is 0 Å². The van der Waals surface area contributed by atoms with Crippen LogP contribution in [0, 0.1) is 17.8 Å². The van der Waals surface area contributed by atoms with Gasteiger partial charge in [0.05, 0.1) is 6.10 Å². The van der Waals surface area contributed by atoms with Crippen molar-refractivity contribution in [3.63, 3.8) is 0 Å². The number of epoxide rings is 3. The van der Waals surface area contributed by atoms with Gasteiger partial charge in [0.1, 0.15) is 35.6 Å². The third-order valence-corrected chi connectivity index (χ3v) is 9.24. The molecular formula is C21H26O6. The summed E-state index contributed by atoms with van der Waals surface area (Å²) in [5, 5.41) is 12.1. The number of rotatable bonds is 2. The molecule has 6 heteroatoms. The van der Waals surface area contributed by atoms with E-state index in [1.54, 1.807) is 0 Å². The van der Waals surface area contributed by atoms with Crippen LogP contribution >= 0.6 is 0 Å². The van der Waals surface area contributed by atoms with E-state index in [2.05, 4.69) is 13.8 Å². The maximum atomic E-state index is 12.1. The minimum absolute atomic E-state index is 0.00435. The second-order valence-corrected chi connectivity index (χ2v) is 9.94. The zero-order chi connectivity index (χ0) is 18.6. The maximum Gasteiger partial charge on any atom is 0.334 e. The highest BCUT2D eigenvalue weighted by Crippen LogP contribution is 2.83. The average molecular weight is 374 g/mol. The molecule has 6 nitrogen and oxygen atoms in total. The first-order valence-corrected chi connectivity index (χ1v) is 10.5. The Morgan fingerprint density at radius 1 is 1.22 bits per heavy atom. The molecule has 2 saturated carbocycles. The van der Waals surface area contributed by atoms with Gasteiger partial charge in [-0.3, -0.25) is 0 Å². The highest BCUT2D eigenvalue weighted by Gasteiger charge is 3.02. The van der Waals surface area contributed by atoms with Crippen LogP contribution in [0.4, 0.5) is 0 Å². The summed E-state index contributed by atoms with van der Waals surface area (Å²) in [5.74, 6) is 0.591. The van der Waals surface area contributed by atoms with E-state index in [1.165, 1.54) is 5.57 Å². The van der Waals surface area contributed by atoms with Gasteiger partial charge >= 0.3 is 5.97 Å². The van der Waals surface area contributed by atoms with Gasteiger partial charge in [0.2, 0.25) is 0 Å². The summed E-state index contributed by atoms with van der Waals surface area (Å²) >= 11 is 0. The number of carbonyl (C=O) groups is 1. The van der Waals surface area contributed by atoms with Crippen LogP contribution in [-0.4, -0.2) is 58.4 Å². The number of carbonyl (C=O) groups excluding carboxylic acids is 1. The van der Waals surface area contributed by atoms with Gasteiger partial charge in [0.15, 0.2) is 5.60 Å². The molecule has 0 aromatic heterocycles. The molecule has 146 valence electrons. The fraction of sp³-hybridized carbons (Fsp3) is 0.857. The molecule has 0 unspecified atom stereocenters. The van der Waals surface area contributed by atoms with Crippen LogP contribution < -0.4 is 0 Å². The molecule has 5 fully saturated rings. The standard InChI is InChI=1S/C21H26O6/c1-4-18(23)19(9(2)3)15(26-19)16-20(27-16)13-6-5-10-12(8-24-17(10)22)11(13)7-14-21(18,20)25-14/h9,11,13-16,23H,4-8H2,1-3H3/t11-,13-,14-,15-,16-,18-,19-,20-,21+/m0/s1. The number of hydrogen-bond acceptors (Lipinski definition) is 6. The zero-order valence-electron chi connectivity index (χ0n) is 16.0. The Morgan fingerprint density at radius 2 is 2.04 bits per heavy atom. The first-order valence-electron chi connectivity index (χ1n) is 10.5. The Morgan fingerprint density at radius 3 is 2.78 bits per heavy atom. The molecule has 2 spiro atoms. The lowest BCUT2D eigenvalue weighted by Gasteiger charge is -2.52. The molecule has 4 aliphatic heterocycles. The lowest BCUT2D eigenvalue weighted by atomic mass is 9.49. The lowest BCUT2D eigenvalue weighted by Crippen LogP contribution is -2.73. The molecule has 3 saturated heterocycles. The van der Waals surface area contributed by atoms with Crippen molar-refractivity contribution in [1.29, 1.82) is 0 Å². The molecule has 0 aromatic rings. The van der Waals surface area contributed by atoms with E-state index < -0.39 is 22.4 Å². The van der Waals surface area contributed by atoms with E-state index in [9.17, 15) is 9.90 Å². The predicted molar refractivity (Wildman–Crippen MR) is 91.7 cm³/mol. The summed E-state index contributed by atoms with van der Waals surface area (Å²) < 4.78 is 24.6. The SMILES string of the molecule is CC[C@@]1(O)[C@]23O[C@H]2C[C@H]2C4=C(CC[C@@H]2[C@@]32O[C@H]2[C@@H]2O[C@@]21C(C)C)C(=O)OC4. The Bertz CT molecular complexity index is 835. The van der Waals surface area contributed by atoms with Crippen molar-refractivity contribution in [3.05, 3.63) is 11.1 Å². The predicted octanol–water partition coefficient (Wildman–Crippen LogP) is 1.49. The number of fused-ring (bicyclic) bond motifs is 4. The average Bonchev–Trinajstić information content (AvgIpc) is 3.54. The quantitative estimate of drug-likeness (QED) is 0.582. The molecule has 4 heterocycles. The molecule has 0 radical (unpaired) electrons. The van der Waals surface area contributed by atoms with Crippen molar-refractivity contribution < 1.29 is 28.8 Å². The first kappa shape index (κ1) is 15.9. The Labute approximate surface area is 158 Å². The second-order valence-electron chi connectivity index (χ2n) is 9.94. The van der Waals surface area contributed by atoms with E-state index in [0.29, 0.717) is 13.0 Å². The molecule has 1 N–H and O–H groups in total. The number of ether oxygens (including phenoxy) is 4. The molecule has 7 rings (SSSR count). The molecule has 9 atom stereocenters. The van der Waals surface area contributed by atoms with Crippen molar-refractivity contribution in [2.75, 3.05) is 6.61 Å². The van der Waals surface area contributed by atoms with Crippen LogP contribution in [0.3, 0.4) is 0 Å². The largest absolute Gasteiger partial charge is 0.458 e. The monoisotopic (exact) mass is 374 g/mol. The lowest BCUT2D eigenvalue weighted by molar-refractivity contribution is -0.153. The van der Waals surface area contributed by atoms with Gasteiger partial charge in [-0.1, -0.05) is 20.8 Å². The summed E-state index contributed by atoms with van der Waals surface area (Å²) in [6, 6.07) is 0. The highest BCUT2D eigenvalue weighted by molar-refractivity contribution is 5.92. The first-order chi connectivity index (χ1) is 12.9. The fourth-order valence-corrected chi connectivity index (χ4v) is 8.17. The van der Waals surface area contributed by atoms with Crippen LogP contribution in [0.5, 0.6) is 0 Å². The second kappa shape index (κ2) is 4.16. The third-order valence-electron chi connectivity index (χ3n) is 9.24. The molecule has 3 aliphatic carbocycles. The van der Waals surface area contributed by atoms with Crippen molar-refractivity contribution >= 4 is 5.97 Å². The van der Waals surface area contributed by atoms with Crippen LogP contribution in [0.1, 0.15) is 46.5 Å². The Balaban J connectivity index is 1.38. The van der Waals surface area contributed by atoms with Gasteiger partial charge in [0.25, 0.3) is 0 Å². The Hall–Kier alpha value is -0.950. The normalized spacial score (nSPS) is 61.2. The van der Waals surface area contributed by atoms with Gasteiger partial charge in [-0.05, 0) is 43.1 Å². The van der Waals surface area contributed by atoms with Gasteiger partial charge in [0, 0.05) is 11.5 Å². The van der Waals surface area contributed by atoms with E-state index >= 15 is 0 Å². The topological polar surface area (TPSA) is 84.1 Å². The minimum atomic E-state index is -1.03. The van der Waals surface area contributed by atoms with Crippen LogP contribution in [0.25, 0.3) is 0 Å². The van der Waals surface area contributed by atoms with Crippen LogP contribution in [0.2, 0.25) is 0 Å². The van der Waals surface area contributed by atoms with Crippen molar-refractivity contribution in [2.45, 2.75) is 87.2 Å². The van der Waals surface area contributed by atoms with Gasteiger partial charge in [-0.25, -0.2) is 4.79 Å². The fourth-order valence-electron chi connectivity index (χ4n) is 8.17. The van der Waals surface area contributed by atoms with Gasteiger partial charge in [-0.2, -0.15) is 0 Å². The van der Waals surface area contributed by atoms with E-state index in [4.69, 9.17) is 18.9 Å². The third kappa shape index (κ3) is 1.28. The summed E-state index contributed by atoms with van der Waals surface area (Å²) in [6.07, 6.45) is 3.02. The minimum Gasteiger partial charge on any atom is -0.458 e. The number of cyclic esters (lactones) is 1. The Kier molecular flexibility index (Phi) is 2.45. The van der Waals surface area contributed by atoms with Gasteiger partial charge < -0.3 is 24.1 Å². The molecule has 0 bridgehead atoms. The van der Waals surface area contributed by atoms with Crippen LogP contribution in [0.15, 0.2) is 11.1 Å². The van der Waals surface area contributed by atoms with Gasteiger partial charge in [-0.15, -0.1) is 0 Å². The zero-order valence-corrected chi connectivity index (χ0v) is 16.0. The summed E-state index contributed by atoms with van der Waals surface area (Å²) in [7, 11) is 0. The summed E-state index contributed by atoms with van der Waals surface area (Å²) in [4.78, 5) is 12.1. The number of aliphatic hydroxyl groups is 1. The molecule has 7 aliphatic rings. The van der Waals surface area contributed by atoms with Crippen LogP contribution in [-0.2, 0) is 23.7 Å². The van der Waals surface area contributed by atoms with E-state index in [0.717, 1.165) is 24.8 Å². The highest BCUT2D eigenvalue weighted by atomic mass is 16.7. The maximum absolute atomic E-state index is 12.1. The molecule has 0 aromatic carbocycles. The number of esters is 1. The molecule has 0 amide bonds. The van der Waals surface area contributed by atoms with E-state index in [-0.39, 0.29) is 42.0 Å². The summed E-state index contributed by atoms with van der Waals surface area (Å²) in [6.45, 7) is 6.73. The molecular weight excluding hydrogens is 348 g/mol. The van der Waals surface area contributed by atoms with Crippen molar-refractivity contribution in [2.24, 2.45) is 17.8 Å².